The first-order valence-corrected chi connectivity index (χ1v) is 11.9. The van der Waals surface area contributed by atoms with Gasteiger partial charge in [0.2, 0.25) is 11.8 Å². The molecule has 7 nitrogen and oxygen atoms in total. The summed E-state index contributed by atoms with van der Waals surface area (Å²) in [7, 11) is 2.21. The van der Waals surface area contributed by atoms with Crippen molar-refractivity contribution >= 4 is 17.8 Å². The number of carbonyl (C=O) groups is 2. The SMILES string of the molecule is CCNC(=NCCCN1C(=O)C2C3C=CC(C3)C2C1=O)NCCN(C)C1CCCC1. The fraction of sp³-hybridized carbons (Fsp3) is 0.783. The third kappa shape index (κ3) is 4.27. The molecule has 4 rings (SSSR count). The maximum Gasteiger partial charge on any atom is 0.233 e. The number of imide groups is 1. The van der Waals surface area contributed by atoms with Crippen LogP contribution in [0.3, 0.4) is 0 Å². The van der Waals surface area contributed by atoms with E-state index in [0.29, 0.717) is 19.5 Å². The number of carbonyl (C=O) groups excluding carboxylic acids is 2. The molecule has 3 fully saturated rings. The molecule has 0 radical (unpaired) electrons. The molecule has 4 aliphatic rings. The summed E-state index contributed by atoms with van der Waals surface area (Å²) in [6, 6.07) is 0.729. The highest BCUT2D eigenvalue weighted by molar-refractivity contribution is 6.06. The second kappa shape index (κ2) is 9.50. The molecular weight excluding hydrogens is 378 g/mol. The Morgan fingerprint density at radius 3 is 2.43 bits per heavy atom. The summed E-state index contributed by atoms with van der Waals surface area (Å²) < 4.78 is 0. The summed E-state index contributed by atoms with van der Waals surface area (Å²) in [5.41, 5.74) is 0. The van der Waals surface area contributed by atoms with E-state index in [1.165, 1.54) is 30.6 Å². The number of guanidine groups is 1. The van der Waals surface area contributed by atoms with Crippen molar-refractivity contribution in [3.8, 4) is 0 Å². The van der Waals surface area contributed by atoms with Crippen LogP contribution in [0.5, 0.6) is 0 Å². The van der Waals surface area contributed by atoms with Gasteiger partial charge in [-0.05, 0) is 51.5 Å². The summed E-state index contributed by atoms with van der Waals surface area (Å²) in [6.45, 7) is 5.83. The molecule has 2 bridgehead atoms. The molecule has 0 aromatic rings. The van der Waals surface area contributed by atoms with Crippen molar-refractivity contribution in [3.63, 3.8) is 0 Å². The summed E-state index contributed by atoms with van der Waals surface area (Å²) in [6.07, 6.45) is 11.3. The highest BCUT2D eigenvalue weighted by Crippen LogP contribution is 2.52. The number of nitrogens with one attached hydrogen (secondary N) is 2. The van der Waals surface area contributed by atoms with Crippen LogP contribution in [0, 0.1) is 23.7 Å². The Balaban J connectivity index is 1.20. The highest BCUT2D eigenvalue weighted by Gasteiger charge is 2.58. The van der Waals surface area contributed by atoms with Gasteiger partial charge in [0.25, 0.3) is 0 Å². The molecule has 1 saturated heterocycles. The molecule has 0 spiro atoms. The van der Waals surface area contributed by atoms with E-state index in [2.05, 4.69) is 46.6 Å². The Morgan fingerprint density at radius 1 is 1.13 bits per heavy atom. The number of fused-ring (bicyclic) bond motifs is 5. The molecule has 3 aliphatic carbocycles. The van der Waals surface area contributed by atoms with Crippen molar-refractivity contribution < 1.29 is 9.59 Å². The van der Waals surface area contributed by atoms with Crippen LogP contribution >= 0.6 is 0 Å². The molecule has 2 amide bonds. The van der Waals surface area contributed by atoms with E-state index in [1.807, 2.05) is 0 Å². The quantitative estimate of drug-likeness (QED) is 0.197. The van der Waals surface area contributed by atoms with Crippen molar-refractivity contribution in [1.82, 2.24) is 20.4 Å². The van der Waals surface area contributed by atoms with Crippen molar-refractivity contribution in [2.24, 2.45) is 28.7 Å². The lowest BCUT2D eigenvalue weighted by molar-refractivity contribution is -0.140. The van der Waals surface area contributed by atoms with Crippen molar-refractivity contribution in [2.75, 3.05) is 39.8 Å². The van der Waals surface area contributed by atoms with Crippen LogP contribution in [0.2, 0.25) is 0 Å². The lowest BCUT2D eigenvalue weighted by atomic mass is 9.85. The molecule has 166 valence electrons. The predicted molar refractivity (Wildman–Crippen MR) is 118 cm³/mol. The van der Waals surface area contributed by atoms with Gasteiger partial charge in [-0.25, -0.2) is 0 Å². The monoisotopic (exact) mass is 415 g/mol. The van der Waals surface area contributed by atoms with Crippen molar-refractivity contribution in [3.05, 3.63) is 12.2 Å². The molecule has 0 aromatic carbocycles. The van der Waals surface area contributed by atoms with Crippen LogP contribution in [0.15, 0.2) is 17.1 Å². The normalized spacial score (nSPS) is 30.8. The first-order chi connectivity index (χ1) is 14.6. The van der Waals surface area contributed by atoms with Crippen molar-refractivity contribution in [1.29, 1.82) is 0 Å². The lowest BCUT2D eigenvalue weighted by Gasteiger charge is -2.24. The number of hydrogen-bond donors (Lipinski definition) is 2. The Morgan fingerprint density at radius 2 is 1.80 bits per heavy atom. The number of rotatable bonds is 9. The number of aliphatic imine (C=N–C) groups is 1. The number of nitrogens with zero attached hydrogens (tertiary/aromatic N) is 3. The molecule has 2 saturated carbocycles. The second-order valence-electron chi connectivity index (χ2n) is 9.29. The van der Waals surface area contributed by atoms with Gasteiger partial charge in [0, 0.05) is 38.8 Å². The van der Waals surface area contributed by atoms with Gasteiger partial charge in [0.1, 0.15) is 0 Å². The Labute approximate surface area is 180 Å². The molecule has 2 N–H and O–H groups in total. The summed E-state index contributed by atoms with van der Waals surface area (Å²) >= 11 is 0. The first kappa shape index (κ1) is 21.3. The van der Waals surface area contributed by atoms with E-state index in [-0.39, 0.29) is 35.5 Å². The number of allylic oxidation sites excluding steroid dienone is 2. The van der Waals surface area contributed by atoms with E-state index >= 15 is 0 Å². The Kier molecular flexibility index (Phi) is 6.76. The number of hydrogen-bond acceptors (Lipinski definition) is 4. The molecule has 0 aromatic heterocycles. The van der Waals surface area contributed by atoms with Crippen LogP contribution < -0.4 is 10.6 Å². The van der Waals surface area contributed by atoms with E-state index in [9.17, 15) is 9.59 Å². The third-order valence-electron chi connectivity index (χ3n) is 7.42. The summed E-state index contributed by atoms with van der Waals surface area (Å²) in [5.74, 6) is 1.30. The van der Waals surface area contributed by atoms with Gasteiger partial charge in [0.15, 0.2) is 5.96 Å². The minimum atomic E-state index is -0.0909. The molecule has 4 atom stereocenters. The third-order valence-corrected chi connectivity index (χ3v) is 7.42. The van der Waals surface area contributed by atoms with E-state index in [4.69, 9.17) is 0 Å². The van der Waals surface area contributed by atoms with Gasteiger partial charge in [-0.15, -0.1) is 0 Å². The van der Waals surface area contributed by atoms with Crippen LogP contribution in [0.25, 0.3) is 0 Å². The lowest BCUT2D eigenvalue weighted by Crippen LogP contribution is -2.42. The minimum Gasteiger partial charge on any atom is -0.357 e. The molecule has 1 heterocycles. The average Bonchev–Trinajstić information content (AvgIpc) is 3.52. The smallest absolute Gasteiger partial charge is 0.233 e. The average molecular weight is 416 g/mol. The largest absolute Gasteiger partial charge is 0.357 e. The van der Waals surface area contributed by atoms with E-state index < -0.39 is 0 Å². The number of likely N-dealkylation sites (N-methyl/N-ethyl adjacent to an activating group) is 1. The van der Waals surface area contributed by atoms with Gasteiger partial charge in [-0.1, -0.05) is 25.0 Å². The van der Waals surface area contributed by atoms with E-state index in [1.54, 1.807) is 0 Å². The highest BCUT2D eigenvalue weighted by atomic mass is 16.2. The van der Waals surface area contributed by atoms with Crippen LogP contribution in [0.4, 0.5) is 0 Å². The number of likely N-dealkylation sites (tertiary alicyclic amines) is 1. The maximum atomic E-state index is 12.7. The predicted octanol–water partition coefficient (Wildman–Crippen LogP) is 1.61. The Bertz CT molecular complexity index is 670. The zero-order valence-corrected chi connectivity index (χ0v) is 18.5. The van der Waals surface area contributed by atoms with Gasteiger partial charge in [0.05, 0.1) is 11.8 Å². The fourth-order valence-electron chi connectivity index (χ4n) is 5.82. The molecule has 4 unspecified atom stereocenters. The zero-order valence-electron chi connectivity index (χ0n) is 18.5. The van der Waals surface area contributed by atoms with Gasteiger partial charge < -0.3 is 15.5 Å². The minimum absolute atomic E-state index is 0.0470. The van der Waals surface area contributed by atoms with Crippen LogP contribution in [-0.2, 0) is 9.59 Å². The molecular formula is C23H37N5O2. The zero-order chi connectivity index (χ0) is 21.1. The second-order valence-corrected chi connectivity index (χ2v) is 9.29. The maximum absolute atomic E-state index is 12.7. The molecule has 30 heavy (non-hydrogen) atoms. The topological polar surface area (TPSA) is 77.0 Å². The van der Waals surface area contributed by atoms with Gasteiger partial charge >= 0.3 is 0 Å². The molecule has 7 heteroatoms. The van der Waals surface area contributed by atoms with E-state index in [0.717, 1.165) is 38.1 Å². The van der Waals surface area contributed by atoms with Crippen LogP contribution in [-0.4, -0.2) is 73.4 Å². The fourth-order valence-corrected chi connectivity index (χ4v) is 5.82. The summed E-state index contributed by atoms with van der Waals surface area (Å²) in [4.78, 5) is 34.1. The van der Waals surface area contributed by atoms with Crippen LogP contribution in [0.1, 0.15) is 45.4 Å². The van der Waals surface area contributed by atoms with Gasteiger partial charge in [-0.3, -0.25) is 19.5 Å². The Hall–Kier alpha value is -1.89. The molecule has 1 aliphatic heterocycles. The standard InChI is InChI=1S/C23H37N5O2/c1-3-24-23(26-12-14-27(2)18-7-4-5-8-18)25-11-6-13-28-21(29)19-16-9-10-17(15-16)20(19)22(28)30/h9-10,16-20H,3-8,11-15H2,1-2H3,(H2,24,25,26). The number of amides is 2. The summed E-state index contributed by atoms with van der Waals surface area (Å²) in [5, 5.41) is 6.70. The van der Waals surface area contributed by atoms with Crippen molar-refractivity contribution in [2.45, 2.75) is 51.5 Å². The first-order valence-electron chi connectivity index (χ1n) is 11.9. The van der Waals surface area contributed by atoms with Gasteiger partial charge in [-0.2, -0.15) is 0 Å².